The third-order valence-electron chi connectivity index (χ3n) is 2.38. The highest BCUT2D eigenvalue weighted by Crippen LogP contribution is 2.25. The maximum Gasteiger partial charge on any atom is 0.339 e. The molecule has 0 fully saturated rings. The Morgan fingerprint density at radius 3 is 2.81 bits per heavy atom. The molecule has 0 bridgehead atoms. The Labute approximate surface area is 137 Å². The fourth-order valence-corrected chi connectivity index (χ4v) is 2.09. The molecule has 0 aliphatic carbocycles. The minimum absolute atomic E-state index is 0.486. The van der Waals surface area contributed by atoms with E-state index in [1.165, 1.54) is 13.3 Å². The predicted octanol–water partition coefficient (Wildman–Crippen LogP) is 3.97. The lowest BCUT2D eigenvalue weighted by atomic mass is 10.3. The summed E-state index contributed by atoms with van der Waals surface area (Å²) in [6.07, 6.45) is 1.39. The van der Waals surface area contributed by atoms with Crippen molar-refractivity contribution in [2.45, 2.75) is 0 Å². The molecule has 2 N–H and O–H groups in total. The van der Waals surface area contributed by atoms with Gasteiger partial charge in [0.05, 0.1) is 23.5 Å². The molecule has 0 aliphatic rings. The molecule has 2 aromatic rings. The van der Waals surface area contributed by atoms with E-state index in [4.69, 9.17) is 9.15 Å². The molecular weight excluding hydrogens is 406 g/mol. The molecule has 8 heteroatoms. The molecule has 2 amide bonds. The molecule has 110 valence electrons. The molecular formula is C13H11Br2N3O3. The fourth-order valence-electron chi connectivity index (χ4n) is 1.48. The molecule has 0 saturated carbocycles. The van der Waals surface area contributed by atoms with Gasteiger partial charge in [0.2, 0.25) is 0 Å². The van der Waals surface area contributed by atoms with E-state index in [-0.39, 0.29) is 0 Å². The first-order chi connectivity index (χ1) is 10.1. The Bertz CT molecular complexity index is 651. The summed E-state index contributed by atoms with van der Waals surface area (Å²) in [5.41, 5.74) is 2.88. The molecule has 1 aromatic heterocycles. The van der Waals surface area contributed by atoms with Crippen molar-refractivity contribution in [1.29, 1.82) is 0 Å². The van der Waals surface area contributed by atoms with E-state index < -0.39 is 6.03 Å². The molecule has 6 nitrogen and oxygen atoms in total. The van der Waals surface area contributed by atoms with E-state index in [9.17, 15) is 4.79 Å². The fraction of sp³-hybridized carbons (Fsp3) is 0.0769. The van der Waals surface area contributed by atoms with Crippen molar-refractivity contribution >= 4 is 49.8 Å². The number of para-hydroxylation sites is 2. The third kappa shape index (κ3) is 4.33. The first-order valence-electron chi connectivity index (χ1n) is 5.78. The quantitative estimate of drug-likeness (QED) is 0.584. The average Bonchev–Trinajstić information content (AvgIpc) is 2.78. The summed E-state index contributed by atoms with van der Waals surface area (Å²) in [5.74, 6) is 1.06. The predicted molar refractivity (Wildman–Crippen MR) is 86.9 cm³/mol. The second-order valence-corrected chi connectivity index (χ2v) is 5.37. The van der Waals surface area contributed by atoms with Crippen LogP contribution in [-0.4, -0.2) is 19.4 Å². The second kappa shape index (κ2) is 7.28. The lowest BCUT2D eigenvalue weighted by Crippen LogP contribution is -2.24. The first-order valence-corrected chi connectivity index (χ1v) is 7.36. The smallest absolute Gasteiger partial charge is 0.339 e. The Morgan fingerprint density at radius 2 is 2.14 bits per heavy atom. The number of ether oxygens (including phenoxy) is 1. The number of methoxy groups -OCH3 is 1. The van der Waals surface area contributed by atoms with Crippen LogP contribution in [0.5, 0.6) is 5.75 Å². The van der Waals surface area contributed by atoms with Crippen LogP contribution in [0.4, 0.5) is 10.5 Å². The van der Waals surface area contributed by atoms with Crippen LogP contribution in [-0.2, 0) is 0 Å². The summed E-state index contributed by atoms with van der Waals surface area (Å²) in [7, 11) is 1.53. The summed E-state index contributed by atoms with van der Waals surface area (Å²) in [5, 5.41) is 6.41. The van der Waals surface area contributed by atoms with Crippen LogP contribution in [0, 0.1) is 0 Å². The highest BCUT2D eigenvalue weighted by Gasteiger charge is 2.06. The topological polar surface area (TPSA) is 75.9 Å². The Morgan fingerprint density at radius 1 is 1.38 bits per heavy atom. The molecule has 0 aliphatic heterocycles. The number of benzene rings is 1. The lowest BCUT2D eigenvalue weighted by Gasteiger charge is -2.08. The monoisotopic (exact) mass is 415 g/mol. The van der Waals surface area contributed by atoms with Gasteiger partial charge in [0.1, 0.15) is 11.5 Å². The number of furan rings is 1. The van der Waals surface area contributed by atoms with Crippen LogP contribution < -0.4 is 15.5 Å². The molecule has 0 atom stereocenters. The number of carbonyl (C=O) groups is 1. The van der Waals surface area contributed by atoms with Gasteiger partial charge in [0.15, 0.2) is 4.67 Å². The minimum Gasteiger partial charge on any atom is -0.495 e. The van der Waals surface area contributed by atoms with Crippen LogP contribution in [0.1, 0.15) is 5.76 Å². The van der Waals surface area contributed by atoms with Gasteiger partial charge < -0.3 is 14.5 Å². The van der Waals surface area contributed by atoms with E-state index in [1.54, 1.807) is 24.3 Å². The normalized spacial score (nSPS) is 10.6. The number of hydrogen-bond donors (Lipinski definition) is 2. The van der Waals surface area contributed by atoms with Crippen molar-refractivity contribution in [2.75, 3.05) is 12.4 Å². The number of nitrogens with one attached hydrogen (secondary N) is 2. The summed E-state index contributed by atoms with van der Waals surface area (Å²) in [6, 6.07) is 8.31. The molecule has 0 spiro atoms. The van der Waals surface area contributed by atoms with Gasteiger partial charge in [-0.1, -0.05) is 12.1 Å². The molecule has 0 unspecified atom stereocenters. The van der Waals surface area contributed by atoms with Crippen LogP contribution in [0.15, 0.2) is 49.0 Å². The Hall–Kier alpha value is -1.80. The summed E-state index contributed by atoms with van der Waals surface area (Å²) in [4.78, 5) is 11.7. The van der Waals surface area contributed by atoms with Crippen LogP contribution in [0.3, 0.4) is 0 Å². The molecule has 1 aromatic carbocycles. The van der Waals surface area contributed by atoms with Gasteiger partial charge >= 0.3 is 6.03 Å². The van der Waals surface area contributed by atoms with Crippen molar-refractivity contribution in [3.05, 3.63) is 45.2 Å². The number of urea groups is 1. The maximum absolute atomic E-state index is 11.7. The zero-order valence-corrected chi connectivity index (χ0v) is 14.1. The molecule has 0 radical (unpaired) electrons. The van der Waals surface area contributed by atoms with Gasteiger partial charge in [-0.15, -0.1) is 0 Å². The van der Waals surface area contributed by atoms with Crippen LogP contribution in [0.25, 0.3) is 0 Å². The summed E-state index contributed by atoms with van der Waals surface area (Å²) in [6.45, 7) is 0. The number of halogens is 2. The minimum atomic E-state index is -0.486. The zero-order chi connectivity index (χ0) is 15.2. The van der Waals surface area contributed by atoms with Crippen LogP contribution >= 0.6 is 31.9 Å². The Balaban J connectivity index is 1.93. The largest absolute Gasteiger partial charge is 0.495 e. The standard InChI is InChI=1S/C13H11Br2N3O3/c1-20-11-5-3-2-4-10(11)17-13(19)18-16-7-8-6-9(14)12(15)21-8/h2-7H,1H3,(H2,17,18,19)/b16-7+. The van der Waals surface area contributed by atoms with Gasteiger partial charge in [-0.2, -0.15) is 5.10 Å². The number of amides is 2. The highest BCUT2D eigenvalue weighted by atomic mass is 79.9. The molecule has 21 heavy (non-hydrogen) atoms. The number of hydrazone groups is 1. The van der Waals surface area contributed by atoms with Crippen molar-refractivity contribution < 1.29 is 13.9 Å². The maximum atomic E-state index is 11.7. The van der Waals surface area contributed by atoms with Crippen LogP contribution in [0.2, 0.25) is 0 Å². The summed E-state index contributed by atoms with van der Waals surface area (Å²) >= 11 is 6.49. The van der Waals surface area contributed by atoms with E-state index in [1.807, 2.05) is 6.07 Å². The number of rotatable bonds is 4. The number of hydrogen-bond acceptors (Lipinski definition) is 4. The van der Waals surface area contributed by atoms with E-state index in [0.717, 1.165) is 4.47 Å². The SMILES string of the molecule is COc1ccccc1NC(=O)N/N=C/c1cc(Br)c(Br)o1. The Kier molecular flexibility index (Phi) is 5.40. The molecule has 2 rings (SSSR count). The number of anilines is 1. The van der Waals surface area contributed by atoms with Crippen molar-refractivity contribution in [1.82, 2.24) is 5.43 Å². The van der Waals surface area contributed by atoms with Gasteiger partial charge in [0.25, 0.3) is 0 Å². The third-order valence-corrected chi connectivity index (χ3v) is 4.09. The van der Waals surface area contributed by atoms with E-state index in [0.29, 0.717) is 21.9 Å². The van der Waals surface area contributed by atoms with E-state index >= 15 is 0 Å². The molecule has 0 saturated heterocycles. The summed E-state index contributed by atoms with van der Waals surface area (Å²) < 4.78 is 11.7. The van der Waals surface area contributed by atoms with E-state index in [2.05, 4.69) is 47.7 Å². The van der Waals surface area contributed by atoms with Gasteiger partial charge in [-0.25, -0.2) is 10.2 Å². The second-order valence-electron chi connectivity index (χ2n) is 3.79. The highest BCUT2D eigenvalue weighted by molar-refractivity contribution is 9.13. The number of nitrogens with zero attached hydrogens (tertiary/aromatic N) is 1. The lowest BCUT2D eigenvalue weighted by molar-refractivity contribution is 0.252. The zero-order valence-electron chi connectivity index (χ0n) is 10.9. The van der Waals surface area contributed by atoms with Gasteiger partial charge in [0, 0.05) is 6.07 Å². The van der Waals surface area contributed by atoms with Gasteiger partial charge in [-0.05, 0) is 44.0 Å². The van der Waals surface area contributed by atoms with Crippen molar-refractivity contribution in [3.63, 3.8) is 0 Å². The number of carbonyl (C=O) groups excluding carboxylic acids is 1. The van der Waals surface area contributed by atoms with Crippen molar-refractivity contribution in [2.24, 2.45) is 5.10 Å². The average molecular weight is 417 g/mol. The first kappa shape index (κ1) is 15.6. The van der Waals surface area contributed by atoms with Crippen molar-refractivity contribution in [3.8, 4) is 5.75 Å². The van der Waals surface area contributed by atoms with Gasteiger partial charge in [-0.3, -0.25) is 0 Å². The molecule has 1 heterocycles.